The van der Waals surface area contributed by atoms with Gasteiger partial charge in [-0.25, -0.2) is 0 Å². The SMILES string of the molecule is CS(=O)(=O)OC1CCCC12CCC[C@H]2OS(C)(=O)=O. The van der Waals surface area contributed by atoms with Crippen LogP contribution < -0.4 is 0 Å². The van der Waals surface area contributed by atoms with Crippen molar-refractivity contribution in [1.82, 2.24) is 0 Å². The van der Waals surface area contributed by atoms with Gasteiger partial charge in [0, 0.05) is 5.41 Å². The Hall–Kier alpha value is -0.180. The molecule has 0 amide bonds. The van der Waals surface area contributed by atoms with Gasteiger partial charge in [0.1, 0.15) is 0 Å². The molecule has 2 aliphatic carbocycles. The molecule has 8 heteroatoms. The molecule has 1 spiro atoms. The van der Waals surface area contributed by atoms with E-state index in [2.05, 4.69) is 0 Å². The molecule has 19 heavy (non-hydrogen) atoms. The molecule has 0 bridgehead atoms. The third-order valence-electron chi connectivity index (χ3n) is 4.08. The van der Waals surface area contributed by atoms with Gasteiger partial charge in [0.25, 0.3) is 20.2 Å². The van der Waals surface area contributed by atoms with Gasteiger partial charge in [0.15, 0.2) is 0 Å². The topological polar surface area (TPSA) is 86.7 Å². The molecular formula is C11H20O6S2. The van der Waals surface area contributed by atoms with Crippen LogP contribution in [0, 0.1) is 5.41 Å². The van der Waals surface area contributed by atoms with E-state index < -0.39 is 37.9 Å². The van der Waals surface area contributed by atoms with Crippen molar-refractivity contribution in [2.75, 3.05) is 12.5 Å². The number of hydrogen-bond donors (Lipinski definition) is 0. The zero-order valence-corrected chi connectivity index (χ0v) is 12.8. The molecule has 2 saturated carbocycles. The third kappa shape index (κ3) is 3.48. The first-order valence-electron chi connectivity index (χ1n) is 6.39. The molecule has 2 aliphatic rings. The van der Waals surface area contributed by atoms with Gasteiger partial charge >= 0.3 is 0 Å². The van der Waals surface area contributed by atoms with Crippen LogP contribution >= 0.6 is 0 Å². The maximum atomic E-state index is 11.3. The van der Waals surface area contributed by atoms with Gasteiger partial charge in [0.2, 0.25) is 0 Å². The lowest BCUT2D eigenvalue weighted by molar-refractivity contribution is 0.00245. The first-order valence-corrected chi connectivity index (χ1v) is 10.0. The van der Waals surface area contributed by atoms with Crippen LogP contribution in [0.5, 0.6) is 0 Å². The van der Waals surface area contributed by atoms with Crippen LogP contribution in [0.3, 0.4) is 0 Å². The van der Waals surface area contributed by atoms with Crippen molar-refractivity contribution < 1.29 is 25.2 Å². The molecular weight excluding hydrogens is 292 g/mol. The van der Waals surface area contributed by atoms with E-state index in [1.54, 1.807) is 0 Å². The minimum Gasteiger partial charge on any atom is -0.266 e. The Morgan fingerprint density at radius 2 is 1.21 bits per heavy atom. The molecule has 0 radical (unpaired) electrons. The van der Waals surface area contributed by atoms with Crippen LogP contribution in [0.25, 0.3) is 0 Å². The van der Waals surface area contributed by atoms with Crippen LogP contribution in [0.2, 0.25) is 0 Å². The fourth-order valence-corrected chi connectivity index (χ4v) is 4.91. The van der Waals surface area contributed by atoms with Crippen molar-refractivity contribution in [3.05, 3.63) is 0 Å². The summed E-state index contributed by atoms with van der Waals surface area (Å²) in [5.74, 6) is 0. The standard InChI is InChI=1S/C11H20O6S2/c1-18(12,13)16-9-5-3-7-11(9)8-4-6-10(11)17-19(2,14)15/h9-10H,3-8H2,1-2H3/t9-,10?,11?/m1/s1. The Labute approximate surface area is 114 Å². The summed E-state index contributed by atoms with van der Waals surface area (Å²) >= 11 is 0. The van der Waals surface area contributed by atoms with Gasteiger partial charge in [-0.15, -0.1) is 0 Å². The van der Waals surface area contributed by atoms with Gasteiger partial charge in [0.05, 0.1) is 24.7 Å². The lowest BCUT2D eigenvalue weighted by Crippen LogP contribution is -2.42. The third-order valence-corrected chi connectivity index (χ3v) is 5.25. The van der Waals surface area contributed by atoms with Gasteiger partial charge < -0.3 is 0 Å². The predicted octanol–water partition coefficient (Wildman–Crippen LogP) is 1.03. The number of rotatable bonds is 4. The van der Waals surface area contributed by atoms with Gasteiger partial charge in [-0.2, -0.15) is 16.8 Å². The highest BCUT2D eigenvalue weighted by atomic mass is 32.2. The molecule has 2 fully saturated rings. The van der Waals surface area contributed by atoms with Crippen molar-refractivity contribution in [3.63, 3.8) is 0 Å². The van der Waals surface area contributed by atoms with Gasteiger partial charge in [-0.3, -0.25) is 8.37 Å². The van der Waals surface area contributed by atoms with Crippen molar-refractivity contribution in [2.24, 2.45) is 5.41 Å². The maximum absolute atomic E-state index is 11.3. The van der Waals surface area contributed by atoms with E-state index in [9.17, 15) is 16.8 Å². The molecule has 2 rings (SSSR count). The molecule has 0 aliphatic heterocycles. The lowest BCUT2D eigenvalue weighted by Gasteiger charge is -2.35. The van der Waals surface area contributed by atoms with Crippen molar-refractivity contribution in [3.8, 4) is 0 Å². The van der Waals surface area contributed by atoms with E-state index in [0.717, 1.165) is 38.2 Å². The predicted molar refractivity (Wildman–Crippen MR) is 69.6 cm³/mol. The van der Waals surface area contributed by atoms with Gasteiger partial charge in [-0.1, -0.05) is 12.8 Å². The zero-order chi connectivity index (χ0) is 14.3. The molecule has 0 aromatic heterocycles. The van der Waals surface area contributed by atoms with Crippen LogP contribution in [0.4, 0.5) is 0 Å². The normalized spacial score (nSPS) is 36.1. The minimum atomic E-state index is -3.54. The Balaban J connectivity index is 2.23. The quantitative estimate of drug-likeness (QED) is 0.721. The van der Waals surface area contributed by atoms with Crippen molar-refractivity contribution >= 4 is 20.2 Å². The van der Waals surface area contributed by atoms with E-state index in [-0.39, 0.29) is 0 Å². The van der Waals surface area contributed by atoms with Crippen molar-refractivity contribution in [1.29, 1.82) is 0 Å². The van der Waals surface area contributed by atoms with E-state index in [4.69, 9.17) is 8.37 Å². The molecule has 2 unspecified atom stereocenters. The summed E-state index contributed by atoms with van der Waals surface area (Å²) in [4.78, 5) is 0. The molecule has 0 aromatic rings. The summed E-state index contributed by atoms with van der Waals surface area (Å²) in [5.41, 5.74) is -0.466. The molecule has 0 heterocycles. The largest absolute Gasteiger partial charge is 0.266 e. The summed E-state index contributed by atoms with van der Waals surface area (Å²) in [6.45, 7) is 0. The molecule has 0 saturated heterocycles. The van der Waals surface area contributed by atoms with Gasteiger partial charge in [-0.05, 0) is 25.7 Å². The molecule has 3 atom stereocenters. The summed E-state index contributed by atoms with van der Waals surface area (Å²) in [6, 6.07) is 0. The summed E-state index contributed by atoms with van der Waals surface area (Å²) in [6.07, 6.45) is 5.59. The molecule has 6 nitrogen and oxygen atoms in total. The zero-order valence-electron chi connectivity index (χ0n) is 11.2. The van der Waals surface area contributed by atoms with E-state index >= 15 is 0 Å². The molecule has 112 valence electrons. The average Bonchev–Trinajstić information content (AvgIpc) is 2.73. The first-order chi connectivity index (χ1) is 8.62. The van der Waals surface area contributed by atoms with Crippen LogP contribution in [-0.4, -0.2) is 41.6 Å². The summed E-state index contributed by atoms with van der Waals surface area (Å²) in [5, 5.41) is 0. The second-order valence-corrected chi connectivity index (χ2v) is 8.80. The fourth-order valence-electron chi connectivity index (χ4n) is 3.49. The van der Waals surface area contributed by atoms with Crippen LogP contribution in [0.15, 0.2) is 0 Å². The average molecular weight is 312 g/mol. The number of hydrogen-bond acceptors (Lipinski definition) is 6. The molecule has 0 aromatic carbocycles. The highest BCUT2D eigenvalue weighted by molar-refractivity contribution is 7.86. The Kier molecular flexibility index (Phi) is 3.99. The minimum absolute atomic E-state index is 0.461. The summed E-state index contributed by atoms with van der Waals surface area (Å²) < 4.78 is 55.7. The monoisotopic (exact) mass is 312 g/mol. The highest BCUT2D eigenvalue weighted by Gasteiger charge is 2.54. The van der Waals surface area contributed by atoms with E-state index in [0.29, 0.717) is 12.8 Å². The Morgan fingerprint density at radius 1 is 0.842 bits per heavy atom. The van der Waals surface area contributed by atoms with Crippen LogP contribution in [-0.2, 0) is 28.6 Å². The summed E-state index contributed by atoms with van der Waals surface area (Å²) in [7, 11) is -7.09. The van der Waals surface area contributed by atoms with E-state index in [1.807, 2.05) is 0 Å². The van der Waals surface area contributed by atoms with Crippen molar-refractivity contribution in [2.45, 2.75) is 50.7 Å². The second-order valence-electron chi connectivity index (χ2n) is 5.60. The second kappa shape index (κ2) is 4.98. The maximum Gasteiger partial charge on any atom is 0.264 e. The fraction of sp³-hybridized carbons (Fsp3) is 1.00. The highest BCUT2D eigenvalue weighted by Crippen LogP contribution is 2.53. The Morgan fingerprint density at radius 3 is 1.53 bits per heavy atom. The van der Waals surface area contributed by atoms with E-state index in [1.165, 1.54) is 0 Å². The van der Waals surface area contributed by atoms with Crippen LogP contribution in [0.1, 0.15) is 38.5 Å². The lowest BCUT2D eigenvalue weighted by atomic mass is 9.80. The first kappa shape index (κ1) is 15.2. The Bertz CT molecular complexity index is 486. The molecule has 0 N–H and O–H groups in total. The smallest absolute Gasteiger partial charge is 0.264 e.